The quantitative estimate of drug-likeness (QED) is 0.871. The van der Waals surface area contributed by atoms with Gasteiger partial charge in [-0.1, -0.05) is 13.0 Å². The van der Waals surface area contributed by atoms with Gasteiger partial charge in [0.2, 0.25) is 0 Å². The van der Waals surface area contributed by atoms with Crippen LogP contribution < -0.4 is 14.8 Å². The number of likely N-dealkylation sites (tertiary alicyclic amines) is 1. The Balaban J connectivity index is 2.24. The van der Waals surface area contributed by atoms with E-state index in [1.807, 2.05) is 18.2 Å². The molecule has 1 aromatic carbocycles. The number of ether oxygens (including phenoxy) is 2. The Bertz CT molecular complexity index is 504. The number of amides is 1. The average molecular weight is 292 g/mol. The predicted molar refractivity (Wildman–Crippen MR) is 81.8 cm³/mol. The second-order valence-corrected chi connectivity index (χ2v) is 5.34. The molecular weight excluding hydrogens is 268 g/mol. The Morgan fingerprint density at radius 2 is 2.24 bits per heavy atom. The molecule has 5 heteroatoms. The maximum atomic E-state index is 12.0. The molecule has 1 aromatic rings. The lowest BCUT2D eigenvalue weighted by atomic mass is 10.1. The van der Waals surface area contributed by atoms with Crippen LogP contribution >= 0.6 is 0 Å². The van der Waals surface area contributed by atoms with E-state index in [9.17, 15) is 4.79 Å². The Kier molecular flexibility index (Phi) is 5.07. The van der Waals surface area contributed by atoms with Crippen LogP contribution in [0.5, 0.6) is 11.5 Å². The van der Waals surface area contributed by atoms with Crippen LogP contribution in [0.4, 0.5) is 0 Å². The lowest BCUT2D eigenvalue weighted by Crippen LogP contribution is -2.30. The first-order valence-electron chi connectivity index (χ1n) is 7.39. The summed E-state index contributed by atoms with van der Waals surface area (Å²) in [4.78, 5) is 13.7. The van der Waals surface area contributed by atoms with E-state index in [1.54, 1.807) is 19.1 Å². The van der Waals surface area contributed by atoms with Gasteiger partial charge in [0.15, 0.2) is 6.10 Å². The van der Waals surface area contributed by atoms with E-state index in [2.05, 4.69) is 19.2 Å². The number of methoxy groups -OCH3 is 1. The number of rotatable bonds is 6. The number of hydrogen-bond donors (Lipinski definition) is 1. The molecule has 0 spiro atoms. The van der Waals surface area contributed by atoms with Gasteiger partial charge in [-0.15, -0.1) is 0 Å². The monoisotopic (exact) mass is 292 g/mol. The van der Waals surface area contributed by atoms with Gasteiger partial charge in [0.25, 0.3) is 5.91 Å². The number of nitrogens with one attached hydrogen (secondary N) is 1. The van der Waals surface area contributed by atoms with Gasteiger partial charge < -0.3 is 19.7 Å². The maximum absolute atomic E-state index is 12.0. The fraction of sp³-hybridized carbons (Fsp3) is 0.562. The highest BCUT2D eigenvalue weighted by Gasteiger charge is 2.31. The molecule has 2 atom stereocenters. The van der Waals surface area contributed by atoms with Gasteiger partial charge in [-0.05, 0) is 19.5 Å². The van der Waals surface area contributed by atoms with Crippen LogP contribution in [0.15, 0.2) is 18.2 Å². The summed E-state index contributed by atoms with van der Waals surface area (Å²) in [5, 5.41) is 3.37. The number of carbonyl (C=O) groups is 1. The number of hydrogen-bond acceptors (Lipinski definition) is 4. The van der Waals surface area contributed by atoms with Gasteiger partial charge in [0, 0.05) is 37.7 Å². The number of likely N-dealkylation sites (N-methyl/N-ethyl adjacent to an activating group) is 1. The summed E-state index contributed by atoms with van der Waals surface area (Å²) in [6, 6.07) is 5.92. The summed E-state index contributed by atoms with van der Waals surface area (Å²) in [5.74, 6) is 1.49. The normalized spacial score (nSPS) is 19.7. The number of carbonyl (C=O) groups excluding carboxylic acids is 1. The Labute approximate surface area is 126 Å². The van der Waals surface area contributed by atoms with Gasteiger partial charge >= 0.3 is 0 Å². The molecule has 1 aliphatic rings. The molecule has 0 saturated carbocycles. The minimum Gasteiger partial charge on any atom is -0.497 e. The Morgan fingerprint density at radius 3 is 2.81 bits per heavy atom. The Hall–Kier alpha value is -1.75. The van der Waals surface area contributed by atoms with Gasteiger partial charge in [0.05, 0.1) is 7.11 Å². The summed E-state index contributed by atoms with van der Waals surface area (Å²) >= 11 is 0. The third-order valence-corrected chi connectivity index (χ3v) is 3.85. The molecule has 116 valence electrons. The molecule has 2 unspecified atom stereocenters. The highest BCUT2D eigenvalue weighted by Crippen LogP contribution is 2.31. The largest absolute Gasteiger partial charge is 0.497 e. The third kappa shape index (κ3) is 3.47. The molecule has 0 aliphatic carbocycles. The highest BCUT2D eigenvalue weighted by atomic mass is 16.5. The zero-order chi connectivity index (χ0) is 15.4. The molecule has 0 bridgehead atoms. The fourth-order valence-corrected chi connectivity index (χ4v) is 2.57. The molecule has 1 N–H and O–H groups in total. The molecule has 0 radical (unpaired) electrons. The van der Waals surface area contributed by atoms with Crippen LogP contribution in [-0.2, 0) is 4.79 Å². The van der Waals surface area contributed by atoms with Crippen LogP contribution in [0, 0.1) is 0 Å². The van der Waals surface area contributed by atoms with Crippen molar-refractivity contribution in [2.24, 2.45) is 0 Å². The van der Waals surface area contributed by atoms with Crippen molar-refractivity contribution in [2.75, 3.05) is 27.2 Å². The van der Waals surface area contributed by atoms with Crippen molar-refractivity contribution in [1.82, 2.24) is 10.2 Å². The fourth-order valence-electron chi connectivity index (χ4n) is 2.57. The van der Waals surface area contributed by atoms with E-state index in [1.165, 1.54) is 0 Å². The van der Waals surface area contributed by atoms with E-state index >= 15 is 0 Å². The second kappa shape index (κ2) is 6.80. The molecule has 1 heterocycles. The van der Waals surface area contributed by atoms with Crippen LogP contribution in [-0.4, -0.2) is 44.2 Å². The van der Waals surface area contributed by atoms with E-state index in [-0.39, 0.29) is 11.9 Å². The van der Waals surface area contributed by atoms with Crippen LogP contribution in [0.25, 0.3) is 0 Å². The molecule has 1 saturated heterocycles. The van der Waals surface area contributed by atoms with E-state index in [4.69, 9.17) is 9.47 Å². The van der Waals surface area contributed by atoms with E-state index in [0.29, 0.717) is 0 Å². The number of nitrogens with zero attached hydrogens (tertiary/aromatic N) is 1. The minimum atomic E-state index is -0.394. The van der Waals surface area contributed by atoms with Gasteiger partial charge in [-0.25, -0.2) is 0 Å². The average Bonchev–Trinajstić information content (AvgIpc) is 2.79. The molecule has 5 nitrogen and oxygen atoms in total. The lowest BCUT2D eigenvalue weighted by molar-refractivity contribution is -0.132. The van der Waals surface area contributed by atoms with Crippen LogP contribution in [0.1, 0.15) is 31.9 Å². The van der Waals surface area contributed by atoms with Crippen molar-refractivity contribution >= 4 is 5.91 Å². The highest BCUT2D eigenvalue weighted by molar-refractivity contribution is 5.83. The van der Waals surface area contributed by atoms with E-state index in [0.717, 1.165) is 36.6 Å². The van der Waals surface area contributed by atoms with Gasteiger partial charge in [0.1, 0.15) is 11.5 Å². The molecule has 2 rings (SSSR count). The van der Waals surface area contributed by atoms with Crippen molar-refractivity contribution in [3.05, 3.63) is 23.8 Å². The zero-order valence-electron chi connectivity index (χ0n) is 13.2. The van der Waals surface area contributed by atoms with Crippen molar-refractivity contribution in [1.29, 1.82) is 0 Å². The summed E-state index contributed by atoms with van der Waals surface area (Å²) < 4.78 is 11.3. The molecule has 1 amide bonds. The van der Waals surface area contributed by atoms with Gasteiger partial charge in [-0.2, -0.15) is 0 Å². The predicted octanol–water partition coefficient (Wildman–Crippen LogP) is 1.98. The van der Waals surface area contributed by atoms with Crippen molar-refractivity contribution < 1.29 is 14.3 Å². The van der Waals surface area contributed by atoms with E-state index < -0.39 is 6.10 Å². The SMILES string of the molecule is CCNC(C)c1ccc(OC)cc1OC1CCN(C)C1=O. The second-order valence-electron chi connectivity index (χ2n) is 5.34. The maximum Gasteiger partial charge on any atom is 0.263 e. The first kappa shape index (κ1) is 15.6. The van der Waals surface area contributed by atoms with Crippen molar-refractivity contribution in [3.63, 3.8) is 0 Å². The summed E-state index contributed by atoms with van der Waals surface area (Å²) in [5.41, 5.74) is 1.04. The molecule has 1 fully saturated rings. The third-order valence-electron chi connectivity index (χ3n) is 3.85. The molecule has 21 heavy (non-hydrogen) atoms. The lowest BCUT2D eigenvalue weighted by Gasteiger charge is -2.20. The van der Waals surface area contributed by atoms with Gasteiger partial charge in [-0.3, -0.25) is 4.79 Å². The first-order valence-corrected chi connectivity index (χ1v) is 7.39. The Morgan fingerprint density at radius 1 is 1.48 bits per heavy atom. The topological polar surface area (TPSA) is 50.8 Å². The summed E-state index contributed by atoms with van der Waals surface area (Å²) in [7, 11) is 3.43. The summed E-state index contributed by atoms with van der Waals surface area (Å²) in [6.45, 7) is 5.76. The standard InChI is InChI=1S/C16H24N2O3/c1-5-17-11(2)13-7-6-12(20-4)10-15(13)21-14-8-9-18(3)16(14)19/h6-7,10-11,14,17H,5,8-9H2,1-4H3. The molecular formula is C16H24N2O3. The molecule has 1 aliphatic heterocycles. The van der Waals surface area contributed by atoms with Crippen molar-refractivity contribution in [3.8, 4) is 11.5 Å². The molecule has 0 aromatic heterocycles. The smallest absolute Gasteiger partial charge is 0.263 e. The van der Waals surface area contributed by atoms with Crippen LogP contribution in [0.3, 0.4) is 0 Å². The van der Waals surface area contributed by atoms with Crippen LogP contribution in [0.2, 0.25) is 0 Å². The summed E-state index contributed by atoms with van der Waals surface area (Å²) in [6.07, 6.45) is 0.330. The number of benzene rings is 1. The zero-order valence-corrected chi connectivity index (χ0v) is 13.2. The minimum absolute atomic E-state index is 0.0415. The van der Waals surface area contributed by atoms with Crippen molar-refractivity contribution in [2.45, 2.75) is 32.4 Å². The first-order chi connectivity index (χ1) is 10.1.